The van der Waals surface area contributed by atoms with Crippen LogP contribution in [0.3, 0.4) is 0 Å². The van der Waals surface area contributed by atoms with Gasteiger partial charge in [0.2, 0.25) is 0 Å². The molecule has 0 aliphatic carbocycles. The number of methoxy groups -OCH3 is 1. The van der Waals surface area contributed by atoms with Gasteiger partial charge < -0.3 is 15.8 Å². The zero-order valence-corrected chi connectivity index (χ0v) is 16.4. The molecule has 1 unspecified atom stereocenters. The number of halogens is 2. The Hall–Kier alpha value is -2.91. The summed E-state index contributed by atoms with van der Waals surface area (Å²) in [5.41, 5.74) is 6.02. The molecule has 0 saturated carbocycles. The molecular formula is C18H15ClFN3O4S. The molecular weight excluding hydrogens is 409 g/mol. The number of nitrogens with zero attached hydrogens (tertiary/aromatic N) is 1. The van der Waals surface area contributed by atoms with Crippen LogP contribution in [0.15, 0.2) is 41.6 Å². The lowest BCUT2D eigenvalue weighted by atomic mass is 10.00. The molecule has 3 amide bonds. The zero-order valence-electron chi connectivity index (χ0n) is 14.8. The van der Waals surface area contributed by atoms with Gasteiger partial charge in [-0.1, -0.05) is 11.6 Å². The molecule has 2 heterocycles. The fourth-order valence-electron chi connectivity index (χ4n) is 2.91. The van der Waals surface area contributed by atoms with E-state index in [-0.39, 0.29) is 22.0 Å². The van der Waals surface area contributed by atoms with E-state index >= 15 is 0 Å². The molecule has 1 aliphatic heterocycles. The number of rotatable bonds is 4. The highest BCUT2D eigenvalue weighted by Gasteiger charge is 2.38. The molecule has 3 rings (SSSR count). The first-order valence-corrected chi connectivity index (χ1v) is 9.18. The van der Waals surface area contributed by atoms with E-state index in [2.05, 4.69) is 5.32 Å². The maximum atomic E-state index is 13.5. The SMILES string of the molecule is COC(=O)C1=C(C)N(c2ccc(F)c(Cl)c2)C(=O)NC1c1ccc(C(N)=O)s1. The summed E-state index contributed by atoms with van der Waals surface area (Å²) >= 11 is 6.89. The monoisotopic (exact) mass is 423 g/mol. The lowest BCUT2D eigenvalue weighted by Gasteiger charge is -2.34. The minimum atomic E-state index is -0.828. The van der Waals surface area contributed by atoms with E-state index in [4.69, 9.17) is 22.1 Å². The fourth-order valence-corrected chi connectivity index (χ4v) is 4.00. The van der Waals surface area contributed by atoms with E-state index in [1.54, 1.807) is 13.0 Å². The van der Waals surface area contributed by atoms with E-state index < -0.39 is 29.8 Å². The molecule has 0 radical (unpaired) electrons. The highest BCUT2D eigenvalue weighted by Crippen LogP contribution is 2.37. The number of nitrogens with two attached hydrogens (primary N) is 1. The molecule has 2 aromatic rings. The summed E-state index contributed by atoms with van der Waals surface area (Å²) in [6.07, 6.45) is 0. The van der Waals surface area contributed by atoms with Crippen molar-refractivity contribution in [3.8, 4) is 0 Å². The van der Waals surface area contributed by atoms with E-state index in [1.165, 1.54) is 30.2 Å². The van der Waals surface area contributed by atoms with Crippen LogP contribution < -0.4 is 16.0 Å². The number of amides is 3. The predicted molar refractivity (Wildman–Crippen MR) is 103 cm³/mol. The van der Waals surface area contributed by atoms with Crippen molar-refractivity contribution < 1.29 is 23.5 Å². The molecule has 0 bridgehead atoms. The topological polar surface area (TPSA) is 102 Å². The maximum Gasteiger partial charge on any atom is 0.338 e. The van der Waals surface area contributed by atoms with E-state index in [0.717, 1.165) is 17.4 Å². The number of ether oxygens (including phenoxy) is 1. The first-order chi connectivity index (χ1) is 13.2. The van der Waals surface area contributed by atoms with Crippen LogP contribution in [0.2, 0.25) is 5.02 Å². The number of thiophene rings is 1. The van der Waals surface area contributed by atoms with Gasteiger partial charge in [-0.25, -0.2) is 14.0 Å². The van der Waals surface area contributed by atoms with Crippen LogP contribution in [0.5, 0.6) is 0 Å². The third-order valence-corrected chi connectivity index (χ3v) is 5.66. The van der Waals surface area contributed by atoms with Gasteiger partial charge in [-0.15, -0.1) is 11.3 Å². The number of allylic oxidation sites excluding steroid dienone is 1. The number of primary amides is 1. The van der Waals surface area contributed by atoms with Crippen molar-refractivity contribution >= 4 is 46.5 Å². The number of nitrogens with one attached hydrogen (secondary N) is 1. The van der Waals surface area contributed by atoms with Gasteiger partial charge in [0.25, 0.3) is 5.91 Å². The van der Waals surface area contributed by atoms with Crippen LogP contribution in [0.25, 0.3) is 0 Å². The van der Waals surface area contributed by atoms with Gasteiger partial charge in [-0.05, 0) is 37.3 Å². The highest BCUT2D eigenvalue weighted by atomic mass is 35.5. The Morgan fingerprint density at radius 1 is 1.32 bits per heavy atom. The van der Waals surface area contributed by atoms with Crippen LogP contribution in [0.4, 0.5) is 14.9 Å². The molecule has 1 aromatic carbocycles. The van der Waals surface area contributed by atoms with Gasteiger partial charge in [0, 0.05) is 10.6 Å². The molecule has 1 aromatic heterocycles. The Bertz CT molecular complexity index is 1020. The van der Waals surface area contributed by atoms with Crippen molar-refractivity contribution in [3.63, 3.8) is 0 Å². The number of urea groups is 1. The second-order valence-electron chi connectivity index (χ2n) is 5.87. The quantitative estimate of drug-likeness (QED) is 0.736. The van der Waals surface area contributed by atoms with Gasteiger partial charge in [-0.3, -0.25) is 9.69 Å². The van der Waals surface area contributed by atoms with Crippen LogP contribution in [0, 0.1) is 5.82 Å². The Labute approximate surface area is 168 Å². The van der Waals surface area contributed by atoms with E-state index in [9.17, 15) is 18.8 Å². The normalized spacial score (nSPS) is 16.8. The Morgan fingerprint density at radius 2 is 2.04 bits per heavy atom. The average molecular weight is 424 g/mol. The molecule has 3 N–H and O–H groups in total. The standard InChI is InChI=1S/C18H15ClFN3O4S/c1-8-14(17(25)27-2)15(12-5-6-13(28-12)16(21)24)22-18(26)23(8)9-3-4-11(20)10(19)7-9/h3-7,15H,1-2H3,(H2,21,24)(H,22,26). The number of esters is 1. The number of benzene rings is 1. The van der Waals surface area contributed by atoms with Crippen molar-refractivity contribution in [2.24, 2.45) is 5.73 Å². The number of carbonyl (C=O) groups excluding carboxylic acids is 3. The zero-order chi connectivity index (χ0) is 20.6. The fraction of sp³-hybridized carbons (Fsp3) is 0.167. The van der Waals surface area contributed by atoms with Crippen LogP contribution in [-0.2, 0) is 9.53 Å². The minimum absolute atomic E-state index is 0.163. The van der Waals surface area contributed by atoms with E-state index in [1.807, 2.05) is 0 Å². The van der Waals surface area contributed by atoms with Crippen molar-refractivity contribution in [3.05, 3.63) is 62.2 Å². The number of carbonyl (C=O) groups is 3. The van der Waals surface area contributed by atoms with Crippen LogP contribution in [-0.4, -0.2) is 25.0 Å². The molecule has 0 spiro atoms. The lowest BCUT2D eigenvalue weighted by Crippen LogP contribution is -2.48. The van der Waals surface area contributed by atoms with Gasteiger partial charge in [0.15, 0.2) is 0 Å². The Morgan fingerprint density at radius 3 is 2.61 bits per heavy atom. The Balaban J connectivity index is 2.13. The molecule has 7 nitrogen and oxygen atoms in total. The van der Waals surface area contributed by atoms with Crippen LogP contribution in [0.1, 0.15) is 27.5 Å². The molecule has 1 atom stereocenters. The first-order valence-electron chi connectivity index (χ1n) is 7.99. The van der Waals surface area contributed by atoms with Crippen molar-refractivity contribution in [2.75, 3.05) is 12.0 Å². The lowest BCUT2D eigenvalue weighted by molar-refractivity contribution is -0.136. The summed E-state index contributed by atoms with van der Waals surface area (Å²) in [6.45, 7) is 1.57. The minimum Gasteiger partial charge on any atom is -0.466 e. The molecule has 0 fully saturated rings. The summed E-state index contributed by atoms with van der Waals surface area (Å²) in [4.78, 5) is 38.7. The van der Waals surface area contributed by atoms with Crippen molar-refractivity contribution in [1.29, 1.82) is 0 Å². The third kappa shape index (κ3) is 3.46. The summed E-state index contributed by atoms with van der Waals surface area (Å²) in [5.74, 6) is -1.90. The van der Waals surface area contributed by atoms with E-state index in [0.29, 0.717) is 9.75 Å². The van der Waals surface area contributed by atoms with Crippen molar-refractivity contribution in [2.45, 2.75) is 13.0 Å². The predicted octanol–water partition coefficient (Wildman–Crippen LogP) is 3.36. The number of hydrogen-bond acceptors (Lipinski definition) is 5. The molecule has 0 saturated heterocycles. The summed E-state index contributed by atoms with van der Waals surface area (Å²) in [7, 11) is 1.22. The number of anilines is 1. The average Bonchev–Trinajstić information content (AvgIpc) is 3.14. The molecule has 1 aliphatic rings. The number of hydrogen-bond donors (Lipinski definition) is 2. The molecule has 28 heavy (non-hydrogen) atoms. The first kappa shape index (κ1) is 19.8. The maximum absolute atomic E-state index is 13.5. The second kappa shape index (κ2) is 7.61. The Kier molecular flexibility index (Phi) is 5.39. The largest absolute Gasteiger partial charge is 0.466 e. The van der Waals surface area contributed by atoms with Crippen molar-refractivity contribution in [1.82, 2.24) is 5.32 Å². The van der Waals surface area contributed by atoms with Gasteiger partial charge in [0.05, 0.1) is 34.3 Å². The summed E-state index contributed by atoms with van der Waals surface area (Å²) < 4.78 is 18.4. The van der Waals surface area contributed by atoms with Crippen LogP contribution >= 0.6 is 22.9 Å². The summed E-state index contributed by atoms with van der Waals surface area (Å²) in [5, 5.41) is 2.55. The van der Waals surface area contributed by atoms with Gasteiger partial charge in [-0.2, -0.15) is 0 Å². The smallest absolute Gasteiger partial charge is 0.338 e. The third-order valence-electron chi connectivity index (χ3n) is 4.21. The molecule has 10 heteroatoms. The van der Waals surface area contributed by atoms with Gasteiger partial charge >= 0.3 is 12.0 Å². The summed E-state index contributed by atoms with van der Waals surface area (Å²) in [6, 6.07) is 5.53. The molecule has 146 valence electrons. The second-order valence-corrected chi connectivity index (χ2v) is 7.40. The highest BCUT2D eigenvalue weighted by molar-refractivity contribution is 7.14. The van der Waals surface area contributed by atoms with Gasteiger partial charge in [0.1, 0.15) is 5.82 Å².